The molecule has 4 rings (SSSR count). The van der Waals surface area contributed by atoms with E-state index in [0.29, 0.717) is 72.7 Å². The molecule has 1 N–H and O–H groups in total. The van der Waals surface area contributed by atoms with E-state index in [0.717, 1.165) is 23.5 Å². The number of piperazine rings is 1. The van der Waals surface area contributed by atoms with Gasteiger partial charge in [0.05, 0.1) is 12.3 Å². The number of hydrogen-bond acceptors (Lipinski definition) is 8. The number of sulfonamides is 1. The lowest BCUT2D eigenvalue weighted by molar-refractivity contribution is 0.154. The number of aryl methyl sites for hydroxylation is 2. The van der Waals surface area contributed by atoms with Crippen molar-refractivity contribution in [3.05, 3.63) is 22.1 Å². The molecule has 1 saturated heterocycles. The van der Waals surface area contributed by atoms with E-state index in [-0.39, 0.29) is 9.77 Å². The molecule has 10 nitrogen and oxygen atoms in total. The monoisotopic (exact) mass is 508 g/mol. The topological polar surface area (TPSA) is 113 Å². The lowest BCUT2D eigenvalue weighted by Gasteiger charge is -2.35. The molecular formula is C22H32N6O4S2. The van der Waals surface area contributed by atoms with Crippen LogP contribution in [-0.4, -0.2) is 76.2 Å². The second-order valence-corrected chi connectivity index (χ2v) is 11.9. The maximum absolute atomic E-state index is 13.4. The molecule has 1 fully saturated rings. The van der Waals surface area contributed by atoms with Crippen molar-refractivity contribution in [2.24, 2.45) is 7.05 Å². The van der Waals surface area contributed by atoms with Gasteiger partial charge >= 0.3 is 0 Å². The summed E-state index contributed by atoms with van der Waals surface area (Å²) in [6.45, 7) is 10.7. The SMILES string of the molecule is CCCc1nn(C)c2c(=O)[nH]c(-c3sc(S(=O)(=O)N4CCN(C(C)C)CC4)cc3OCC)nc12. The molecule has 4 heterocycles. The molecule has 0 radical (unpaired) electrons. The first-order valence-electron chi connectivity index (χ1n) is 11.6. The highest BCUT2D eigenvalue weighted by Crippen LogP contribution is 2.40. The van der Waals surface area contributed by atoms with E-state index in [1.807, 2.05) is 13.8 Å². The zero-order valence-electron chi connectivity index (χ0n) is 20.3. The molecule has 1 aliphatic rings. The van der Waals surface area contributed by atoms with E-state index >= 15 is 0 Å². The lowest BCUT2D eigenvalue weighted by Crippen LogP contribution is -2.50. The second-order valence-electron chi connectivity index (χ2n) is 8.66. The summed E-state index contributed by atoms with van der Waals surface area (Å²) in [5.74, 6) is 0.692. The summed E-state index contributed by atoms with van der Waals surface area (Å²) in [4.78, 5) is 23.2. The van der Waals surface area contributed by atoms with Crippen LogP contribution in [0.1, 0.15) is 39.8 Å². The fraction of sp³-hybridized carbons (Fsp3) is 0.591. The Labute approximate surface area is 203 Å². The molecule has 186 valence electrons. The molecule has 34 heavy (non-hydrogen) atoms. The number of aromatic amines is 1. The van der Waals surface area contributed by atoms with Gasteiger partial charge in [0.25, 0.3) is 15.6 Å². The first kappa shape index (κ1) is 24.8. The zero-order valence-corrected chi connectivity index (χ0v) is 21.9. The van der Waals surface area contributed by atoms with E-state index in [1.165, 1.54) is 4.31 Å². The predicted octanol–water partition coefficient (Wildman–Crippen LogP) is 2.45. The zero-order chi connectivity index (χ0) is 24.6. The van der Waals surface area contributed by atoms with Gasteiger partial charge < -0.3 is 9.72 Å². The smallest absolute Gasteiger partial charge is 0.277 e. The summed E-state index contributed by atoms with van der Waals surface area (Å²) >= 11 is 1.08. The van der Waals surface area contributed by atoms with Gasteiger partial charge in [-0.15, -0.1) is 11.3 Å². The molecule has 12 heteroatoms. The third kappa shape index (κ3) is 4.51. The Bertz CT molecular complexity index is 1330. The van der Waals surface area contributed by atoms with Crippen molar-refractivity contribution in [1.29, 1.82) is 0 Å². The lowest BCUT2D eigenvalue weighted by atomic mass is 10.2. The van der Waals surface area contributed by atoms with E-state index in [4.69, 9.17) is 9.72 Å². The maximum atomic E-state index is 13.4. The molecule has 0 saturated carbocycles. The van der Waals surface area contributed by atoms with Crippen LogP contribution in [0.25, 0.3) is 21.7 Å². The van der Waals surface area contributed by atoms with Crippen LogP contribution in [0.15, 0.2) is 15.1 Å². The number of rotatable bonds is 8. The van der Waals surface area contributed by atoms with Gasteiger partial charge in [0.2, 0.25) is 0 Å². The number of fused-ring (bicyclic) bond motifs is 1. The van der Waals surface area contributed by atoms with Gasteiger partial charge in [0.15, 0.2) is 11.3 Å². The van der Waals surface area contributed by atoms with Crippen LogP contribution >= 0.6 is 11.3 Å². The van der Waals surface area contributed by atoms with Crippen molar-refractivity contribution in [2.75, 3.05) is 32.8 Å². The number of nitrogens with one attached hydrogen (secondary N) is 1. The Morgan fingerprint density at radius 1 is 1.21 bits per heavy atom. The molecule has 0 atom stereocenters. The van der Waals surface area contributed by atoms with Crippen LogP contribution in [-0.2, 0) is 23.5 Å². The highest BCUT2D eigenvalue weighted by molar-refractivity contribution is 7.91. The summed E-state index contributed by atoms with van der Waals surface area (Å²) in [5.41, 5.74) is 1.37. The highest BCUT2D eigenvalue weighted by atomic mass is 32.2. The Balaban J connectivity index is 1.76. The summed E-state index contributed by atoms with van der Waals surface area (Å²) in [6.07, 6.45) is 1.56. The summed E-state index contributed by atoms with van der Waals surface area (Å²) in [7, 11) is -1.97. The van der Waals surface area contributed by atoms with E-state index in [1.54, 1.807) is 17.8 Å². The Hall–Kier alpha value is -2.28. The molecule has 0 bridgehead atoms. The van der Waals surface area contributed by atoms with Crippen LogP contribution in [0.3, 0.4) is 0 Å². The van der Waals surface area contributed by atoms with Crippen molar-refractivity contribution < 1.29 is 13.2 Å². The minimum absolute atomic E-state index is 0.187. The van der Waals surface area contributed by atoms with Crippen LogP contribution in [0, 0.1) is 0 Å². The Kier molecular flexibility index (Phi) is 7.13. The standard InChI is InChI=1S/C22H32N6O4S2/c1-6-8-15-18-19(26(5)25-15)22(29)24-21(23-18)20-16(32-7-2)13-17(33-20)34(30,31)28-11-9-27(10-12-28)14(3)4/h13-14H,6-12H2,1-5H3,(H,23,24,29). The van der Waals surface area contributed by atoms with Gasteiger partial charge in [0.1, 0.15) is 20.4 Å². The molecule has 3 aromatic heterocycles. The number of ether oxygens (including phenoxy) is 1. The van der Waals surface area contributed by atoms with Crippen molar-refractivity contribution in [3.63, 3.8) is 0 Å². The molecule has 0 unspecified atom stereocenters. The van der Waals surface area contributed by atoms with Gasteiger partial charge in [-0.2, -0.15) is 9.40 Å². The fourth-order valence-corrected chi connectivity index (χ4v) is 7.18. The Morgan fingerprint density at radius 2 is 1.91 bits per heavy atom. The fourth-order valence-electron chi connectivity index (χ4n) is 4.25. The van der Waals surface area contributed by atoms with Gasteiger partial charge in [-0.25, -0.2) is 13.4 Å². The van der Waals surface area contributed by atoms with Crippen molar-refractivity contribution in [1.82, 2.24) is 29.0 Å². The number of thiophene rings is 1. The number of aromatic nitrogens is 4. The average Bonchev–Trinajstić information content (AvgIpc) is 3.36. The normalized spacial score (nSPS) is 16.1. The first-order chi connectivity index (χ1) is 16.2. The van der Waals surface area contributed by atoms with Gasteiger partial charge in [-0.05, 0) is 27.2 Å². The first-order valence-corrected chi connectivity index (χ1v) is 13.9. The number of hydrogen-bond donors (Lipinski definition) is 1. The van der Waals surface area contributed by atoms with Crippen LogP contribution in [0.5, 0.6) is 5.75 Å². The second kappa shape index (κ2) is 9.76. The molecule has 0 aliphatic carbocycles. The molecule has 0 amide bonds. The van der Waals surface area contributed by atoms with Crippen molar-refractivity contribution in [2.45, 2.75) is 50.8 Å². The Morgan fingerprint density at radius 3 is 2.53 bits per heavy atom. The molecule has 0 spiro atoms. The predicted molar refractivity (Wildman–Crippen MR) is 133 cm³/mol. The molecular weight excluding hydrogens is 476 g/mol. The third-order valence-electron chi connectivity index (χ3n) is 6.04. The molecule has 3 aromatic rings. The van der Waals surface area contributed by atoms with Gasteiger partial charge in [-0.3, -0.25) is 14.4 Å². The van der Waals surface area contributed by atoms with Gasteiger partial charge in [0, 0.05) is 45.3 Å². The van der Waals surface area contributed by atoms with Crippen molar-refractivity contribution in [3.8, 4) is 16.5 Å². The van der Waals surface area contributed by atoms with E-state index in [2.05, 4.69) is 28.8 Å². The minimum Gasteiger partial charge on any atom is -0.492 e. The quantitative estimate of drug-likeness (QED) is 0.497. The third-order valence-corrected chi connectivity index (χ3v) is 9.51. The van der Waals surface area contributed by atoms with E-state index in [9.17, 15) is 13.2 Å². The molecule has 1 aliphatic heterocycles. The largest absolute Gasteiger partial charge is 0.492 e. The van der Waals surface area contributed by atoms with Gasteiger partial charge in [-0.1, -0.05) is 13.3 Å². The van der Waals surface area contributed by atoms with Crippen LogP contribution < -0.4 is 10.3 Å². The van der Waals surface area contributed by atoms with Crippen molar-refractivity contribution >= 4 is 32.4 Å². The summed E-state index contributed by atoms with van der Waals surface area (Å²) in [5, 5.41) is 4.46. The number of nitrogens with zero attached hydrogens (tertiary/aromatic N) is 5. The summed E-state index contributed by atoms with van der Waals surface area (Å²) < 4.78 is 35.9. The van der Waals surface area contributed by atoms with Crippen LogP contribution in [0.2, 0.25) is 0 Å². The average molecular weight is 509 g/mol. The minimum atomic E-state index is -3.70. The van der Waals surface area contributed by atoms with E-state index < -0.39 is 10.0 Å². The molecule has 0 aromatic carbocycles. The highest BCUT2D eigenvalue weighted by Gasteiger charge is 2.32. The number of H-pyrrole nitrogens is 1. The summed E-state index contributed by atoms with van der Waals surface area (Å²) in [6, 6.07) is 1.93. The maximum Gasteiger partial charge on any atom is 0.277 e. The van der Waals surface area contributed by atoms with Crippen LogP contribution in [0.4, 0.5) is 0 Å².